The van der Waals surface area contributed by atoms with Crippen LogP contribution >= 0.6 is 0 Å². The van der Waals surface area contributed by atoms with E-state index < -0.39 is 0 Å². The van der Waals surface area contributed by atoms with Crippen LogP contribution in [0, 0.1) is 41.8 Å². The summed E-state index contributed by atoms with van der Waals surface area (Å²) in [5, 5.41) is 8.48. The van der Waals surface area contributed by atoms with Crippen LogP contribution in [0.3, 0.4) is 0 Å². The molecule has 2 aromatic heterocycles. The van der Waals surface area contributed by atoms with Gasteiger partial charge in [-0.05, 0) is 69.1 Å². The van der Waals surface area contributed by atoms with Gasteiger partial charge in [0, 0.05) is 91.8 Å². The van der Waals surface area contributed by atoms with Gasteiger partial charge in [-0.1, -0.05) is 13.8 Å². The van der Waals surface area contributed by atoms with Crippen molar-refractivity contribution in [2.24, 2.45) is 29.1 Å². The number of likely N-dealkylation sites (tertiary alicyclic amines) is 2. The highest BCUT2D eigenvalue weighted by atomic mass is 19.1. The zero-order chi connectivity index (χ0) is 32.6. The predicted octanol–water partition coefficient (Wildman–Crippen LogP) is 5.34. The Labute approximate surface area is 282 Å². The van der Waals surface area contributed by atoms with E-state index in [-0.39, 0.29) is 11.2 Å². The third-order valence-corrected chi connectivity index (χ3v) is 12.2. The van der Waals surface area contributed by atoms with Gasteiger partial charge in [0.25, 0.3) is 5.88 Å². The van der Waals surface area contributed by atoms with E-state index in [0.717, 1.165) is 93.7 Å². The number of hydrogen-bond acceptors (Lipinski definition) is 10. The van der Waals surface area contributed by atoms with E-state index in [2.05, 4.69) is 48.7 Å². The molecule has 3 aromatic rings. The van der Waals surface area contributed by atoms with Crippen molar-refractivity contribution >= 4 is 5.82 Å². The Morgan fingerprint density at radius 2 is 1.81 bits per heavy atom. The number of rotatable bonds is 9. The maximum absolute atomic E-state index is 14.6. The summed E-state index contributed by atoms with van der Waals surface area (Å²) in [6.45, 7) is 15.2. The number of nitrogens with zero attached hydrogens (tertiary/aromatic N) is 8. The number of fused-ring (bicyclic) bond motifs is 1. The van der Waals surface area contributed by atoms with Crippen molar-refractivity contribution in [3.8, 4) is 22.8 Å². The first-order valence-corrected chi connectivity index (χ1v) is 18.1. The Hall–Kier alpha value is -3.28. The van der Waals surface area contributed by atoms with Gasteiger partial charge in [-0.3, -0.25) is 9.80 Å². The Balaban J connectivity index is 0.875. The summed E-state index contributed by atoms with van der Waals surface area (Å²) in [7, 11) is 0. The van der Waals surface area contributed by atoms with Crippen LogP contribution in [-0.2, 0) is 4.74 Å². The lowest BCUT2D eigenvalue weighted by Crippen LogP contribution is -2.65. The van der Waals surface area contributed by atoms with E-state index in [1.165, 1.54) is 44.4 Å². The zero-order valence-electron chi connectivity index (χ0n) is 28.4. The SMILES string of the molecule is Cc1ncc(-c2cc(F)ccc2Oc2nncnc2N2CCC3(C2)CN([C@@H](C(C)C)C2CC(N4C[C@H]5COC[C@H]5C4)C2)C3)c(C2CC2)n1. The smallest absolute Gasteiger partial charge is 0.282 e. The summed E-state index contributed by atoms with van der Waals surface area (Å²) in [6.07, 6.45) is 9.25. The van der Waals surface area contributed by atoms with Crippen LogP contribution in [-0.4, -0.2) is 99.5 Å². The second kappa shape index (κ2) is 11.9. The summed E-state index contributed by atoms with van der Waals surface area (Å²) >= 11 is 0. The highest BCUT2D eigenvalue weighted by Gasteiger charge is 2.54. The van der Waals surface area contributed by atoms with E-state index in [9.17, 15) is 4.39 Å². The first-order chi connectivity index (χ1) is 23.3. The molecule has 0 amide bonds. The molecule has 9 rings (SSSR count). The van der Waals surface area contributed by atoms with Crippen LogP contribution in [0.25, 0.3) is 11.1 Å². The number of aromatic nitrogens is 5. The lowest BCUT2D eigenvalue weighted by molar-refractivity contribution is -0.0792. The van der Waals surface area contributed by atoms with Crippen LogP contribution in [0.5, 0.6) is 11.6 Å². The first-order valence-electron chi connectivity index (χ1n) is 18.1. The van der Waals surface area contributed by atoms with Gasteiger partial charge in [0.2, 0.25) is 0 Å². The molecular weight excluding hydrogens is 607 g/mol. The largest absolute Gasteiger partial charge is 0.434 e. The second-order valence-electron chi connectivity index (χ2n) is 16.0. The number of aryl methyl sites for hydroxylation is 1. The first kappa shape index (κ1) is 30.8. The lowest BCUT2D eigenvalue weighted by atomic mass is 9.68. The van der Waals surface area contributed by atoms with Crippen molar-refractivity contribution in [2.45, 2.75) is 70.9 Å². The molecule has 10 nitrogen and oxygen atoms in total. The summed E-state index contributed by atoms with van der Waals surface area (Å²) in [6, 6.07) is 6.00. The summed E-state index contributed by atoms with van der Waals surface area (Å²) in [4.78, 5) is 21.7. The van der Waals surface area contributed by atoms with Crippen LogP contribution in [0.2, 0.25) is 0 Å². The highest BCUT2D eigenvalue weighted by Crippen LogP contribution is 2.49. The van der Waals surface area contributed by atoms with Crippen LogP contribution in [0.4, 0.5) is 10.2 Å². The molecule has 4 saturated heterocycles. The van der Waals surface area contributed by atoms with Crippen molar-refractivity contribution in [1.82, 2.24) is 34.9 Å². The molecular formula is C37H47FN8O2. The van der Waals surface area contributed by atoms with E-state index in [1.807, 2.05) is 6.92 Å². The predicted molar refractivity (Wildman–Crippen MR) is 179 cm³/mol. The maximum Gasteiger partial charge on any atom is 0.282 e. The summed E-state index contributed by atoms with van der Waals surface area (Å²) in [5.74, 6) is 5.26. The molecule has 254 valence electrons. The number of halogens is 1. The van der Waals surface area contributed by atoms with Crippen LogP contribution in [0.15, 0.2) is 30.7 Å². The fraction of sp³-hybridized carbons (Fsp3) is 0.649. The standard InChI is InChI=1S/C37H47FN8O2/c1-22(2)34(25-10-29(11-25)45-14-26-16-47-17-27(26)15-45)46-19-37(20-46)8-9-44(18-37)35-36(43-41-21-40-35)48-32-7-6-28(38)12-30(32)31-13-39-23(3)42-33(31)24-4-5-24/h6-7,12-13,21-22,24-27,29,34H,4-5,8-11,14-20H2,1-3H3/t25?,26-,27+,29?,34-/m0/s1. The van der Waals surface area contributed by atoms with Crippen molar-refractivity contribution in [1.29, 1.82) is 0 Å². The molecule has 0 radical (unpaired) electrons. The van der Waals surface area contributed by atoms with E-state index in [0.29, 0.717) is 46.7 Å². The Morgan fingerprint density at radius 3 is 2.56 bits per heavy atom. The Bertz CT molecular complexity index is 1660. The summed E-state index contributed by atoms with van der Waals surface area (Å²) in [5.41, 5.74) is 2.64. The fourth-order valence-corrected chi connectivity index (χ4v) is 9.70. The minimum absolute atomic E-state index is 0.254. The maximum atomic E-state index is 14.6. The van der Waals surface area contributed by atoms with E-state index >= 15 is 0 Å². The van der Waals surface area contributed by atoms with Crippen molar-refractivity contribution in [3.05, 3.63) is 48.1 Å². The van der Waals surface area contributed by atoms with Gasteiger partial charge in [-0.25, -0.2) is 19.3 Å². The number of anilines is 1. The van der Waals surface area contributed by atoms with Gasteiger partial charge in [0.05, 0.1) is 18.9 Å². The number of benzene rings is 1. The third-order valence-electron chi connectivity index (χ3n) is 12.2. The lowest BCUT2D eigenvalue weighted by Gasteiger charge is -2.57. The minimum atomic E-state index is -0.334. The third kappa shape index (κ3) is 5.55. The number of ether oxygens (including phenoxy) is 2. The molecule has 0 bridgehead atoms. The quantitative estimate of drug-likeness (QED) is 0.301. The molecule has 6 fully saturated rings. The second-order valence-corrected chi connectivity index (χ2v) is 16.0. The zero-order valence-corrected chi connectivity index (χ0v) is 28.4. The molecule has 1 spiro atoms. The number of hydrogen-bond donors (Lipinski definition) is 0. The average Bonchev–Trinajstić information content (AvgIpc) is 3.43. The molecule has 48 heavy (non-hydrogen) atoms. The van der Waals surface area contributed by atoms with Gasteiger partial charge in [0.1, 0.15) is 23.7 Å². The molecule has 4 aliphatic heterocycles. The van der Waals surface area contributed by atoms with Gasteiger partial charge in [-0.2, -0.15) is 0 Å². The average molecular weight is 655 g/mol. The molecule has 3 atom stereocenters. The summed E-state index contributed by atoms with van der Waals surface area (Å²) < 4.78 is 26.8. The highest BCUT2D eigenvalue weighted by molar-refractivity contribution is 5.73. The monoisotopic (exact) mass is 654 g/mol. The van der Waals surface area contributed by atoms with E-state index in [1.54, 1.807) is 12.3 Å². The van der Waals surface area contributed by atoms with Crippen molar-refractivity contribution in [3.63, 3.8) is 0 Å². The van der Waals surface area contributed by atoms with E-state index in [4.69, 9.17) is 14.5 Å². The molecule has 11 heteroatoms. The van der Waals surface area contributed by atoms with Crippen molar-refractivity contribution < 1.29 is 13.9 Å². The molecule has 0 N–H and O–H groups in total. The van der Waals surface area contributed by atoms with Gasteiger partial charge >= 0.3 is 0 Å². The molecule has 0 unspecified atom stereocenters. The normalized spacial score (nSPS) is 28.9. The molecule has 2 aliphatic carbocycles. The molecule has 2 saturated carbocycles. The Kier molecular flexibility index (Phi) is 7.66. The topological polar surface area (TPSA) is 92.6 Å². The minimum Gasteiger partial charge on any atom is -0.434 e. The Morgan fingerprint density at radius 1 is 1.02 bits per heavy atom. The van der Waals surface area contributed by atoms with Gasteiger partial charge in [-0.15, -0.1) is 10.2 Å². The van der Waals surface area contributed by atoms with Gasteiger partial charge in [0.15, 0.2) is 5.82 Å². The van der Waals surface area contributed by atoms with Gasteiger partial charge < -0.3 is 14.4 Å². The molecule has 6 aliphatic rings. The van der Waals surface area contributed by atoms with Crippen LogP contribution in [0.1, 0.15) is 63.4 Å². The van der Waals surface area contributed by atoms with Crippen LogP contribution < -0.4 is 9.64 Å². The molecule has 6 heterocycles. The van der Waals surface area contributed by atoms with Crippen molar-refractivity contribution in [2.75, 3.05) is 57.4 Å². The fourth-order valence-electron chi connectivity index (χ4n) is 9.70. The molecule has 1 aromatic carbocycles.